The van der Waals surface area contributed by atoms with Crippen molar-refractivity contribution in [3.05, 3.63) is 206 Å². The molecule has 0 aliphatic heterocycles. The Morgan fingerprint density at radius 1 is 0.190 bits per heavy atom. The van der Waals surface area contributed by atoms with Gasteiger partial charge in [0.25, 0.3) is 0 Å². The maximum Gasteiger partial charge on any atom is 0.0641 e. The van der Waals surface area contributed by atoms with Crippen molar-refractivity contribution in [3.63, 3.8) is 0 Å². The Bertz CT molecular complexity index is 3520. The van der Waals surface area contributed by atoms with E-state index in [1.165, 1.54) is 87.2 Å². The predicted octanol–water partition coefficient (Wildman–Crippen LogP) is 14.1. The van der Waals surface area contributed by atoms with E-state index in [0.717, 1.165) is 22.7 Å². The van der Waals surface area contributed by atoms with E-state index in [0.29, 0.717) is 0 Å². The van der Waals surface area contributed by atoms with Crippen molar-refractivity contribution in [2.45, 2.75) is 0 Å². The summed E-state index contributed by atoms with van der Waals surface area (Å²) in [7, 11) is 0. The van der Waals surface area contributed by atoms with Crippen LogP contribution in [0.3, 0.4) is 0 Å². The molecule has 0 bridgehead atoms. The number of hydrogen-bond donors (Lipinski definition) is 0. The number of para-hydroxylation sites is 6. The van der Waals surface area contributed by atoms with Crippen molar-refractivity contribution in [3.8, 4) is 22.7 Å². The van der Waals surface area contributed by atoms with Crippen LogP contribution in [0.2, 0.25) is 0 Å². The van der Waals surface area contributed by atoms with Gasteiger partial charge in [0, 0.05) is 65.8 Å². The summed E-state index contributed by atoms with van der Waals surface area (Å²) in [5.41, 5.74) is 14.2. The van der Waals surface area contributed by atoms with Crippen LogP contribution < -0.4 is 0 Å². The fourth-order valence-corrected chi connectivity index (χ4v) is 10.0. The number of hydrogen-bond acceptors (Lipinski definition) is 0. The minimum Gasteiger partial charge on any atom is -0.309 e. The lowest BCUT2D eigenvalue weighted by Crippen LogP contribution is -1.98. The summed E-state index contributed by atoms with van der Waals surface area (Å²) >= 11 is 0. The van der Waals surface area contributed by atoms with Gasteiger partial charge in [0.2, 0.25) is 0 Å². The van der Waals surface area contributed by atoms with Crippen LogP contribution in [-0.4, -0.2) is 18.3 Å². The zero-order chi connectivity index (χ0) is 37.9. The summed E-state index contributed by atoms with van der Waals surface area (Å²) < 4.78 is 9.78. The molecule has 0 aliphatic carbocycles. The van der Waals surface area contributed by atoms with E-state index in [2.05, 4.69) is 225 Å². The SMILES string of the molecule is c1ccc(-n2c3ccccc3c3c2ccc2c4ccccc4n(-c4ccc(-n5c6ccccc6c6ccc7c(c8ccccc8n7-c7ccccc7)c65)cc4)c23)cc1. The van der Waals surface area contributed by atoms with Gasteiger partial charge in [0.15, 0.2) is 0 Å². The molecule has 4 heterocycles. The maximum absolute atomic E-state index is 2.48. The van der Waals surface area contributed by atoms with Gasteiger partial charge >= 0.3 is 0 Å². The lowest BCUT2D eigenvalue weighted by molar-refractivity contribution is 1.15. The standard InChI is InChI=1S/C54H34N4/c1-3-15-35(16-4-1)55-47-25-13-9-21-43(47)51-49(55)33-31-41-39-19-7-11-23-45(39)57(53(41)51)37-27-29-38(30-28-37)58-46-24-12-8-20-40(46)42-32-34-50-52(54(42)58)44-22-10-14-26-48(44)56(50)36-17-5-2-6-18-36/h1-34H. The van der Waals surface area contributed by atoms with Gasteiger partial charge in [-0.25, -0.2) is 0 Å². The van der Waals surface area contributed by atoms with Crippen LogP contribution in [-0.2, 0) is 0 Å². The van der Waals surface area contributed by atoms with Crippen molar-refractivity contribution < 1.29 is 0 Å². The number of nitrogens with zero attached hydrogens (tertiary/aromatic N) is 4. The van der Waals surface area contributed by atoms with Gasteiger partial charge in [0.05, 0.1) is 44.1 Å². The van der Waals surface area contributed by atoms with Crippen molar-refractivity contribution in [2.24, 2.45) is 0 Å². The topological polar surface area (TPSA) is 19.7 Å². The third kappa shape index (κ3) is 4.18. The highest BCUT2D eigenvalue weighted by atomic mass is 15.0. The molecule has 0 unspecified atom stereocenters. The van der Waals surface area contributed by atoms with E-state index in [9.17, 15) is 0 Å². The first-order valence-corrected chi connectivity index (χ1v) is 20.0. The monoisotopic (exact) mass is 738 g/mol. The molecule has 0 aliphatic rings. The van der Waals surface area contributed by atoms with Crippen molar-refractivity contribution in [1.82, 2.24) is 18.3 Å². The number of benzene rings is 9. The lowest BCUT2D eigenvalue weighted by Gasteiger charge is -2.13. The first-order chi connectivity index (χ1) is 28.8. The van der Waals surface area contributed by atoms with Crippen LogP contribution in [0.25, 0.3) is 110 Å². The van der Waals surface area contributed by atoms with E-state index < -0.39 is 0 Å². The Morgan fingerprint density at radius 3 is 0.897 bits per heavy atom. The van der Waals surface area contributed by atoms with Crippen molar-refractivity contribution in [2.75, 3.05) is 0 Å². The van der Waals surface area contributed by atoms with Crippen LogP contribution in [0.1, 0.15) is 0 Å². The summed E-state index contributed by atoms with van der Waals surface area (Å²) in [6, 6.07) is 75.3. The van der Waals surface area contributed by atoms with Crippen LogP contribution in [0.5, 0.6) is 0 Å². The first-order valence-electron chi connectivity index (χ1n) is 20.0. The molecule has 4 heteroatoms. The Morgan fingerprint density at radius 2 is 0.500 bits per heavy atom. The Kier molecular flexibility index (Phi) is 6.41. The van der Waals surface area contributed by atoms with Crippen LogP contribution in [0.4, 0.5) is 0 Å². The highest BCUT2D eigenvalue weighted by molar-refractivity contribution is 6.27. The van der Waals surface area contributed by atoms with E-state index >= 15 is 0 Å². The second kappa shape index (κ2) is 11.8. The third-order valence-electron chi connectivity index (χ3n) is 12.3. The normalized spacial score (nSPS) is 12.1. The molecule has 58 heavy (non-hydrogen) atoms. The van der Waals surface area contributed by atoms with Crippen LogP contribution >= 0.6 is 0 Å². The first kappa shape index (κ1) is 31.4. The zero-order valence-electron chi connectivity index (χ0n) is 31.4. The smallest absolute Gasteiger partial charge is 0.0641 e. The number of fused-ring (bicyclic) bond motifs is 14. The maximum atomic E-state index is 2.48. The molecule has 0 N–H and O–H groups in total. The van der Waals surface area contributed by atoms with E-state index in [1.54, 1.807) is 0 Å². The van der Waals surface area contributed by atoms with Crippen LogP contribution in [0.15, 0.2) is 206 Å². The minimum absolute atomic E-state index is 1.13. The fraction of sp³-hybridized carbons (Fsp3) is 0. The third-order valence-corrected chi connectivity index (χ3v) is 12.3. The lowest BCUT2D eigenvalue weighted by atomic mass is 10.1. The molecule has 0 fully saturated rings. The number of rotatable bonds is 4. The molecular formula is C54H34N4. The summed E-state index contributed by atoms with van der Waals surface area (Å²) in [6.45, 7) is 0. The summed E-state index contributed by atoms with van der Waals surface area (Å²) in [4.78, 5) is 0. The predicted molar refractivity (Wildman–Crippen MR) is 244 cm³/mol. The second-order valence-electron chi connectivity index (χ2n) is 15.3. The van der Waals surface area contributed by atoms with E-state index in [4.69, 9.17) is 0 Å². The highest BCUT2D eigenvalue weighted by Gasteiger charge is 2.23. The molecular weight excluding hydrogens is 705 g/mol. The van der Waals surface area contributed by atoms with E-state index in [1.807, 2.05) is 0 Å². The number of aromatic nitrogens is 4. The Balaban J connectivity index is 1.09. The summed E-state index contributed by atoms with van der Waals surface area (Å²) in [5, 5.41) is 10.0. The zero-order valence-corrected chi connectivity index (χ0v) is 31.4. The Hall–Kier alpha value is -7.82. The molecule has 13 rings (SSSR count). The average molecular weight is 739 g/mol. The molecule has 9 aromatic carbocycles. The minimum atomic E-state index is 1.13. The summed E-state index contributed by atoms with van der Waals surface area (Å²) in [6.07, 6.45) is 0. The van der Waals surface area contributed by atoms with Gasteiger partial charge < -0.3 is 18.3 Å². The molecule has 13 aromatic rings. The Labute approximate surface area is 333 Å². The van der Waals surface area contributed by atoms with E-state index in [-0.39, 0.29) is 0 Å². The van der Waals surface area contributed by atoms with Gasteiger partial charge in [-0.15, -0.1) is 0 Å². The summed E-state index contributed by atoms with van der Waals surface area (Å²) in [5.74, 6) is 0. The van der Waals surface area contributed by atoms with Gasteiger partial charge in [-0.2, -0.15) is 0 Å². The van der Waals surface area contributed by atoms with Crippen LogP contribution in [0, 0.1) is 0 Å². The average Bonchev–Trinajstić information content (AvgIpc) is 4.02. The van der Waals surface area contributed by atoms with Gasteiger partial charge in [-0.3, -0.25) is 0 Å². The van der Waals surface area contributed by atoms with Gasteiger partial charge in [-0.05, 0) is 84.9 Å². The molecule has 270 valence electrons. The molecule has 4 nitrogen and oxygen atoms in total. The molecule has 0 atom stereocenters. The fourth-order valence-electron chi connectivity index (χ4n) is 10.0. The van der Waals surface area contributed by atoms with Gasteiger partial charge in [-0.1, -0.05) is 121 Å². The molecule has 0 spiro atoms. The molecule has 4 aromatic heterocycles. The molecule has 0 radical (unpaired) electrons. The molecule has 0 amide bonds. The second-order valence-corrected chi connectivity index (χ2v) is 15.3. The molecule has 0 saturated carbocycles. The quantitative estimate of drug-likeness (QED) is 0.171. The van der Waals surface area contributed by atoms with Crippen molar-refractivity contribution in [1.29, 1.82) is 0 Å². The highest BCUT2D eigenvalue weighted by Crippen LogP contribution is 2.44. The van der Waals surface area contributed by atoms with Crippen molar-refractivity contribution >= 4 is 87.2 Å². The van der Waals surface area contributed by atoms with Gasteiger partial charge in [0.1, 0.15) is 0 Å². The molecule has 0 saturated heterocycles. The largest absolute Gasteiger partial charge is 0.309 e.